The first-order valence-electron chi connectivity index (χ1n) is 16.2. The highest BCUT2D eigenvalue weighted by atomic mass is 32.2. The molecule has 0 aromatic heterocycles. The molecule has 0 spiro atoms. The first-order valence-corrected chi connectivity index (χ1v) is 17.8. The number of carbonyl (C=O) groups is 2. The SMILES string of the molecule is CCCOCCCS(=O)(=O)c1ccc([C@@H]2CC[C@@H](c3cc(OC)c(OC)c(OC)c3)O2)cc1OCCCN1C(=O)c2ccccc2C1=O. The van der Waals surface area contributed by atoms with Crippen molar-refractivity contribution >= 4 is 21.7 Å². The van der Waals surface area contributed by atoms with Gasteiger partial charge in [-0.3, -0.25) is 14.5 Å². The molecule has 2 atom stereocenters. The summed E-state index contributed by atoms with van der Waals surface area (Å²) in [5, 5.41) is 0. The van der Waals surface area contributed by atoms with E-state index in [9.17, 15) is 18.0 Å². The van der Waals surface area contributed by atoms with Gasteiger partial charge in [-0.25, -0.2) is 8.42 Å². The quantitative estimate of drug-likeness (QED) is 0.124. The molecule has 1 saturated heterocycles. The van der Waals surface area contributed by atoms with Crippen LogP contribution in [0.2, 0.25) is 0 Å². The van der Waals surface area contributed by atoms with E-state index in [1.807, 2.05) is 19.1 Å². The third-order valence-corrected chi connectivity index (χ3v) is 10.3. The Bertz CT molecular complexity index is 1660. The Balaban J connectivity index is 1.32. The highest BCUT2D eigenvalue weighted by Gasteiger charge is 2.35. The van der Waals surface area contributed by atoms with Crippen molar-refractivity contribution in [3.63, 3.8) is 0 Å². The Hall–Kier alpha value is -4.13. The van der Waals surface area contributed by atoms with Crippen LogP contribution in [0.1, 0.15) is 83.1 Å². The summed E-state index contributed by atoms with van der Waals surface area (Å²) in [6.07, 6.45) is 2.39. The van der Waals surface area contributed by atoms with Crippen molar-refractivity contribution in [1.29, 1.82) is 0 Å². The van der Waals surface area contributed by atoms with Crippen LogP contribution in [0.3, 0.4) is 0 Å². The van der Waals surface area contributed by atoms with Crippen LogP contribution in [-0.4, -0.2) is 78.6 Å². The molecule has 12 heteroatoms. The van der Waals surface area contributed by atoms with Crippen LogP contribution in [0.4, 0.5) is 0 Å². The first-order chi connectivity index (χ1) is 23.2. The number of rotatable bonds is 17. The first kappa shape index (κ1) is 35.2. The maximum Gasteiger partial charge on any atom is 0.261 e. The van der Waals surface area contributed by atoms with Crippen molar-refractivity contribution in [1.82, 2.24) is 4.90 Å². The smallest absolute Gasteiger partial charge is 0.261 e. The van der Waals surface area contributed by atoms with Crippen LogP contribution < -0.4 is 18.9 Å². The Labute approximate surface area is 281 Å². The molecule has 0 aliphatic carbocycles. The number of carbonyl (C=O) groups excluding carboxylic acids is 2. The Morgan fingerprint density at radius 2 is 1.40 bits per heavy atom. The van der Waals surface area contributed by atoms with Gasteiger partial charge in [0.25, 0.3) is 11.8 Å². The lowest BCUT2D eigenvalue weighted by molar-refractivity contribution is 0.0436. The standard InChI is InChI=1S/C36H43NO10S/c1-5-17-45-18-9-20-48(40,41)33-15-12-24(28-13-14-29(47-28)25-22-31(42-2)34(44-4)32(23-25)43-3)21-30(33)46-19-8-16-37-35(38)26-10-6-7-11-27(26)36(37)39/h6-7,10-12,15,21-23,28-29H,5,8-9,13-14,16-20H2,1-4H3/t28-,29-/m0/s1. The van der Waals surface area contributed by atoms with Crippen molar-refractivity contribution in [2.45, 2.75) is 56.1 Å². The summed E-state index contributed by atoms with van der Waals surface area (Å²) in [6.45, 7) is 3.16. The second kappa shape index (κ2) is 15.8. The predicted molar refractivity (Wildman–Crippen MR) is 178 cm³/mol. The molecule has 3 aromatic carbocycles. The molecule has 2 amide bonds. The maximum absolute atomic E-state index is 13.5. The van der Waals surface area contributed by atoms with E-state index in [-0.39, 0.29) is 53.6 Å². The third-order valence-electron chi connectivity index (χ3n) is 8.47. The van der Waals surface area contributed by atoms with Gasteiger partial charge in [0.2, 0.25) is 5.75 Å². The molecule has 11 nitrogen and oxygen atoms in total. The van der Waals surface area contributed by atoms with Gasteiger partial charge in [0.1, 0.15) is 10.6 Å². The van der Waals surface area contributed by atoms with Crippen LogP contribution >= 0.6 is 0 Å². The maximum atomic E-state index is 13.5. The summed E-state index contributed by atoms with van der Waals surface area (Å²) in [6, 6.07) is 15.5. The molecular weight excluding hydrogens is 638 g/mol. The third kappa shape index (κ3) is 7.61. The number of fused-ring (bicyclic) bond motifs is 1. The molecule has 0 radical (unpaired) electrons. The molecule has 2 aliphatic rings. The molecule has 1 fully saturated rings. The van der Waals surface area contributed by atoms with Gasteiger partial charge in [-0.05, 0) is 79.6 Å². The van der Waals surface area contributed by atoms with E-state index in [0.29, 0.717) is 60.9 Å². The lowest BCUT2D eigenvalue weighted by Crippen LogP contribution is -2.31. The van der Waals surface area contributed by atoms with Gasteiger partial charge in [0.05, 0.1) is 57.0 Å². The molecule has 0 unspecified atom stereocenters. The van der Waals surface area contributed by atoms with E-state index >= 15 is 0 Å². The fourth-order valence-electron chi connectivity index (χ4n) is 6.06. The lowest BCUT2D eigenvalue weighted by Gasteiger charge is -2.20. The van der Waals surface area contributed by atoms with Gasteiger partial charge in [0, 0.05) is 19.8 Å². The van der Waals surface area contributed by atoms with Crippen molar-refractivity contribution < 1.29 is 46.4 Å². The van der Waals surface area contributed by atoms with Crippen LogP contribution in [-0.2, 0) is 19.3 Å². The van der Waals surface area contributed by atoms with E-state index in [1.165, 1.54) is 4.90 Å². The van der Waals surface area contributed by atoms with Gasteiger partial charge >= 0.3 is 0 Å². The van der Waals surface area contributed by atoms with Gasteiger partial charge in [0.15, 0.2) is 21.3 Å². The van der Waals surface area contributed by atoms with E-state index < -0.39 is 9.84 Å². The van der Waals surface area contributed by atoms with E-state index in [1.54, 1.807) is 63.8 Å². The number of sulfone groups is 1. The zero-order chi connectivity index (χ0) is 34.3. The van der Waals surface area contributed by atoms with Crippen LogP contribution in [0.15, 0.2) is 59.5 Å². The van der Waals surface area contributed by atoms with Crippen LogP contribution in [0.5, 0.6) is 23.0 Å². The second-order valence-corrected chi connectivity index (χ2v) is 13.7. The predicted octanol–water partition coefficient (Wildman–Crippen LogP) is 5.96. The normalized spacial score (nSPS) is 17.5. The lowest BCUT2D eigenvalue weighted by atomic mass is 10.0. The molecule has 5 rings (SSSR count). The second-order valence-electron chi connectivity index (χ2n) is 11.6. The van der Waals surface area contributed by atoms with Gasteiger partial charge in [-0.15, -0.1) is 0 Å². The van der Waals surface area contributed by atoms with E-state index in [4.69, 9.17) is 28.4 Å². The molecule has 0 N–H and O–H groups in total. The summed E-state index contributed by atoms with van der Waals surface area (Å²) >= 11 is 0. The Kier molecular flexibility index (Phi) is 11.6. The molecular formula is C36H43NO10S. The zero-order valence-corrected chi connectivity index (χ0v) is 28.7. The number of benzene rings is 3. The van der Waals surface area contributed by atoms with Crippen molar-refractivity contribution in [3.05, 3.63) is 76.9 Å². The van der Waals surface area contributed by atoms with E-state index in [2.05, 4.69) is 0 Å². The van der Waals surface area contributed by atoms with E-state index in [0.717, 1.165) is 24.0 Å². The minimum Gasteiger partial charge on any atom is -0.493 e. The number of nitrogens with zero attached hydrogens (tertiary/aromatic N) is 1. The number of amides is 2. The highest BCUT2D eigenvalue weighted by Crippen LogP contribution is 2.46. The highest BCUT2D eigenvalue weighted by molar-refractivity contribution is 7.91. The van der Waals surface area contributed by atoms with Crippen LogP contribution in [0.25, 0.3) is 0 Å². The largest absolute Gasteiger partial charge is 0.493 e. The molecule has 3 aromatic rings. The average Bonchev–Trinajstić information content (AvgIpc) is 3.69. The Morgan fingerprint density at radius 3 is 2.00 bits per heavy atom. The van der Waals surface area contributed by atoms with Crippen molar-refractivity contribution in [3.8, 4) is 23.0 Å². The summed E-state index contributed by atoms with van der Waals surface area (Å²) in [5.41, 5.74) is 2.43. The zero-order valence-electron chi connectivity index (χ0n) is 27.9. The summed E-state index contributed by atoms with van der Waals surface area (Å²) in [5.74, 6) is 0.999. The van der Waals surface area contributed by atoms with Crippen molar-refractivity contribution in [2.75, 3.05) is 53.4 Å². The van der Waals surface area contributed by atoms with Gasteiger partial charge in [-0.1, -0.05) is 25.1 Å². The monoisotopic (exact) mass is 681 g/mol. The summed E-state index contributed by atoms with van der Waals surface area (Å²) < 4.78 is 61.6. The molecule has 2 heterocycles. The van der Waals surface area contributed by atoms with Crippen molar-refractivity contribution in [2.24, 2.45) is 0 Å². The van der Waals surface area contributed by atoms with Gasteiger partial charge < -0.3 is 28.4 Å². The van der Waals surface area contributed by atoms with Crippen LogP contribution in [0, 0.1) is 0 Å². The molecule has 0 bridgehead atoms. The topological polar surface area (TPSA) is 127 Å². The number of hydrogen-bond acceptors (Lipinski definition) is 10. The number of ether oxygens (including phenoxy) is 6. The molecule has 258 valence electrons. The molecule has 2 aliphatic heterocycles. The molecule has 0 saturated carbocycles. The fourth-order valence-corrected chi connectivity index (χ4v) is 7.48. The van der Waals surface area contributed by atoms with Gasteiger partial charge in [-0.2, -0.15) is 0 Å². The summed E-state index contributed by atoms with van der Waals surface area (Å²) in [7, 11) is 0.975. The fraction of sp³-hybridized carbons (Fsp3) is 0.444. The summed E-state index contributed by atoms with van der Waals surface area (Å²) in [4.78, 5) is 26.9. The average molecular weight is 682 g/mol. The minimum atomic E-state index is -3.70. The number of hydrogen-bond donors (Lipinski definition) is 0. The minimum absolute atomic E-state index is 0.0849. The number of imide groups is 1. The number of methoxy groups -OCH3 is 3. The Morgan fingerprint density at radius 1 is 0.771 bits per heavy atom. The molecule has 48 heavy (non-hydrogen) atoms.